The van der Waals surface area contributed by atoms with E-state index in [1.165, 1.54) is 12.7 Å². The lowest BCUT2D eigenvalue weighted by Crippen LogP contribution is -2.29. The van der Waals surface area contributed by atoms with E-state index in [1.54, 1.807) is 4.90 Å². The van der Waals surface area contributed by atoms with Crippen molar-refractivity contribution in [2.75, 3.05) is 18.6 Å². The first kappa shape index (κ1) is 14.2. The van der Waals surface area contributed by atoms with Crippen molar-refractivity contribution in [3.63, 3.8) is 0 Å². The minimum absolute atomic E-state index is 0. The van der Waals surface area contributed by atoms with Crippen LogP contribution >= 0.6 is 0 Å². The number of carbonyl (C=O) groups is 2. The fraction of sp³-hybridized carbons (Fsp3) is 0.429. The summed E-state index contributed by atoms with van der Waals surface area (Å²) in [5, 5.41) is 0. The lowest BCUT2D eigenvalue weighted by atomic mass is 10.2. The van der Waals surface area contributed by atoms with Crippen molar-refractivity contribution >= 4 is 17.6 Å². The average molecular weight is 249 g/mol. The van der Waals surface area contributed by atoms with E-state index in [4.69, 9.17) is 0 Å². The Morgan fingerprint density at radius 2 is 2.00 bits per heavy atom. The number of benzene rings is 1. The van der Waals surface area contributed by atoms with Crippen molar-refractivity contribution in [1.29, 1.82) is 0 Å². The SMILES string of the molecule is C.COC(=O)CCC(=O)N1CCc2ccccc21. The van der Waals surface area contributed by atoms with Crippen LogP contribution in [0.3, 0.4) is 0 Å². The Balaban J connectivity index is 0.00000162. The number of methoxy groups -OCH3 is 1. The fourth-order valence-corrected chi connectivity index (χ4v) is 2.04. The number of nitrogens with zero attached hydrogens (tertiary/aromatic N) is 1. The van der Waals surface area contributed by atoms with Gasteiger partial charge in [-0.1, -0.05) is 25.6 Å². The van der Waals surface area contributed by atoms with Crippen LogP contribution in [0.1, 0.15) is 25.8 Å². The van der Waals surface area contributed by atoms with Crippen LogP contribution in [0.4, 0.5) is 5.69 Å². The molecule has 0 saturated carbocycles. The van der Waals surface area contributed by atoms with Gasteiger partial charge >= 0.3 is 5.97 Å². The zero-order chi connectivity index (χ0) is 12.3. The van der Waals surface area contributed by atoms with Crippen LogP contribution < -0.4 is 4.90 Å². The first-order chi connectivity index (χ1) is 8.22. The van der Waals surface area contributed by atoms with Gasteiger partial charge in [0.2, 0.25) is 5.91 Å². The highest BCUT2D eigenvalue weighted by atomic mass is 16.5. The fourth-order valence-electron chi connectivity index (χ4n) is 2.04. The quantitative estimate of drug-likeness (QED) is 0.771. The van der Waals surface area contributed by atoms with Gasteiger partial charge in [0.25, 0.3) is 0 Å². The molecule has 0 unspecified atom stereocenters. The minimum Gasteiger partial charge on any atom is -0.469 e. The Kier molecular flexibility index (Phi) is 4.89. The first-order valence-electron chi connectivity index (χ1n) is 5.67. The predicted molar refractivity (Wildman–Crippen MR) is 70.5 cm³/mol. The summed E-state index contributed by atoms with van der Waals surface area (Å²) in [4.78, 5) is 24.7. The molecule has 1 heterocycles. The molecule has 4 nitrogen and oxygen atoms in total. The average Bonchev–Trinajstić information content (AvgIpc) is 2.79. The molecular weight excluding hydrogens is 230 g/mol. The zero-order valence-corrected chi connectivity index (χ0v) is 9.81. The summed E-state index contributed by atoms with van der Waals surface area (Å²) < 4.78 is 4.52. The molecule has 0 atom stereocenters. The molecule has 0 spiro atoms. The topological polar surface area (TPSA) is 46.6 Å². The second-order valence-corrected chi connectivity index (χ2v) is 4.00. The van der Waals surface area contributed by atoms with E-state index in [2.05, 4.69) is 4.74 Å². The Labute approximate surface area is 108 Å². The van der Waals surface area contributed by atoms with Crippen LogP contribution in [0.15, 0.2) is 24.3 Å². The molecular formula is C14H19NO3. The molecule has 2 rings (SSSR count). The summed E-state index contributed by atoms with van der Waals surface area (Å²) in [5.41, 5.74) is 2.17. The molecule has 1 aromatic carbocycles. The van der Waals surface area contributed by atoms with E-state index in [-0.39, 0.29) is 32.1 Å². The molecule has 1 amide bonds. The Bertz CT molecular complexity index is 442. The van der Waals surface area contributed by atoms with Crippen molar-refractivity contribution in [1.82, 2.24) is 0 Å². The maximum absolute atomic E-state index is 11.9. The molecule has 0 bridgehead atoms. The van der Waals surface area contributed by atoms with Gasteiger partial charge in [0.15, 0.2) is 0 Å². The second kappa shape index (κ2) is 6.19. The van der Waals surface area contributed by atoms with Gasteiger partial charge in [-0.2, -0.15) is 0 Å². The van der Waals surface area contributed by atoms with Crippen molar-refractivity contribution in [3.05, 3.63) is 29.8 Å². The summed E-state index contributed by atoms with van der Waals surface area (Å²) in [6.07, 6.45) is 1.25. The van der Waals surface area contributed by atoms with E-state index in [9.17, 15) is 9.59 Å². The molecule has 0 aliphatic carbocycles. The third-order valence-electron chi connectivity index (χ3n) is 2.96. The van der Waals surface area contributed by atoms with Crippen LogP contribution in [-0.2, 0) is 20.7 Å². The molecule has 0 aromatic heterocycles. The van der Waals surface area contributed by atoms with Crippen LogP contribution in [-0.4, -0.2) is 25.5 Å². The number of para-hydroxylation sites is 1. The largest absolute Gasteiger partial charge is 0.469 e. The number of anilines is 1. The number of hydrogen-bond donors (Lipinski definition) is 0. The Morgan fingerprint density at radius 3 is 2.72 bits per heavy atom. The van der Waals surface area contributed by atoms with E-state index >= 15 is 0 Å². The van der Waals surface area contributed by atoms with Gasteiger partial charge in [0, 0.05) is 18.7 Å². The number of amides is 1. The second-order valence-electron chi connectivity index (χ2n) is 4.00. The van der Waals surface area contributed by atoms with Gasteiger partial charge in [-0.3, -0.25) is 9.59 Å². The maximum atomic E-state index is 11.9. The van der Waals surface area contributed by atoms with Gasteiger partial charge < -0.3 is 9.64 Å². The molecule has 0 N–H and O–H groups in total. The van der Waals surface area contributed by atoms with E-state index in [0.29, 0.717) is 6.54 Å². The molecule has 1 aliphatic rings. The third-order valence-corrected chi connectivity index (χ3v) is 2.96. The Morgan fingerprint density at radius 1 is 1.28 bits per heavy atom. The van der Waals surface area contributed by atoms with Crippen LogP contribution in [0.25, 0.3) is 0 Å². The molecule has 1 aliphatic heterocycles. The summed E-state index contributed by atoms with van der Waals surface area (Å²) in [5.74, 6) is -0.355. The standard InChI is InChI=1S/C13H15NO3.CH4/c1-17-13(16)7-6-12(15)14-9-8-10-4-2-3-5-11(10)14;/h2-5H,6-9H2,1H3;1H4. The maximum Gasteiger partial charge on any atom is 0.306 e. The summed E-state index contributed by atoms with van der Waals surface area (Å²) in [6.45, 7) is 0.708. The minimum atomic E-state index is -0.342. The molecule has 0 saturated heterocycles. The lowest BCUT2D eigenvalue weighted by molar-refractivity contribution is -0.141. The van der Waals surface area contributed by atoms with Gasteiger partial charge in [0.1, 0.15) is 0 Å². The Hall–Kier alpha value is -1.84. The molecule has 0 radical (unpaired) electrons. The highest BCUT2D eigenvalue weighted by Crippen LogP contribution is 2.27. The highest BCUT2D eigenvalue weighted by Gasteiger charge is 2.24. The molecule has 0 fully saturated rings. The van der Waals surface area contributed by atoms with Gasteiger partial charge in [-0.25, -0.2) is 0 Å². The molecule has 18 heavy (non-hydrogen) atoms. The zero-order valence-electron chi connectivity index (χ0n) is 9.81. The van der Waals surface area contributed by atoms with Crippen LogP contribution in [0.2, 0.25) is 0 Å². The molecule has 4 heteroatoms. The van der Waals surface area contributed by atoms with Crippen molar-refractivity contribution < 1.29 is 14.3 Å². The number of hydrogen-bond acceptors (Lipinski definition) is 3. The first-order valence-corrected chi connectivity index (χ1v) is 5.67. The third kappa shape index (κ3) is 2.88. The van der Waals surface area contributed by atoms with Crippen LogP contribution in [0.5, 0.6) is 0 Å². The van der Waals surface area contributed by atoms with Gasteiger partial charge in [-0.05, 0) is 18.1 Å². The summed E-state index contributed by atoms with van der Waals surface area (Å²) in [6, 6.07) is 7.87. The molecule has 1 aromatic rings. The number of fused-ring (bicyclic) bond motifs is 1. The normalized spacial score (nSPS) is 12.6. The monoisotopic (exact) mass is 249 g/mol. The summed E-state index contributed by atoms with van der Waals surface area (Å²) >= 11 is 0. The van der Waals surface area contributed by atoms with Crippen molar-refractivity contribution in [2.45, 2.75) is 26.7 Å². The molecule has 98 valence electrons. The number of carbonyl (C=O) groups excluding carboxylic acids is 2. The lowest BCUT2D eigenvalue weighted by Gasteiger charge is -2.16. The van der Waals surface area contributed by atoms with E-state index in [0.717, 1.165) is 12.1 Å². The summed E-state index contributed by atoms with van der Waals surface area (Å²) in [7, 11) is 1.33. The smallest absolute Gasteiger partial charge is 0.306 e. The highest BCUT2D eigenvalue weighted by molar-refractivity contribution is 5.96. The predicted octanol–water partition coefficient (Wildman–Crippen LogP) is 2.17. The van der Waals surface area contributed by atoms with Crippen LogP contribution in [0, 0.1) is 0 Å². The van der Waals surface area contributed by atoms with Gasteiger partial charge in [0.05, 0.1) is 13.5 Å². The van der Waals surface area contributed by atoms with Gasteiger partial charge in [-0.15, -0.1) is 0 Å². The van der Waals surface area contributed by atoms with E-state index < -0.39 is 0 Å². The number of rotatable bonds is 3. The van der Waals surface area contributed by atoms with E-state index in [1.807, 2.05) is 24.3 Å². The number of ether oxygens (including phenoxy) is 1. The van der Waals surface area contributed by atoms with Crippen molar-refractivity contribution in [2.24, 2.45) is 0 Å². The number of esters is 1. The van der Waals surface area contributed by atoms with Crippen molar-refractivity contribution in [3.8, 4) is 0 Å².